The molecule has 2 aliphatic heterocycles. The molecule has 2 heterocycles. The van der Waals surface area contributed by atoms with Crippen molar-refractivity contribution in [3.63, 3.8) is 0 Å². The van der Waals surface area contributed by atoms with Crippen LogP contribution < -0.4 is 0 Å². The van der Waals surface area contributed by atoms with Gasteiger partial charge in [-0.05, 0) is 11.1 Å². The molecule has 6 nitrogen and oxygen atoms in total. The predicted molar refractivity (Wildman–Crippen MR) is 103 cm³/mol. The predicted octanol–water partition coefficient (Wildman–Crippen LogP) is 4.45. The summed E-state index contributed by atoms with van der Waals surface area (Å²) in [5.41, 5.74) is 2.47. The lowest BCUT2D eigenvalue weighted by molar-refractivity contribution is -0.194. The summed E-state index contributed by atoms with van der Waals surface area (Å²) in [6.45, 7) is 9.00. The Balaban J connectivity index is 1.53. The smallest absolute Gasteiger partial charge is 0.410 e. The molecule has 2 aromatic carbocycles. The molecule has 0 aromatic heterocycles. The van der Waals surface area contributed by atoms with Gasteiger partial charge < -0.3 is 19.1 Å². The van der Waals surface area contributed by atoms with Crippen LogP contribution in [0.15, 0.2) is 54.6 Å². The highest BCUT2D eigenvalue weighted by molar-refractivity contribution is 5.68. The number of hydrogen-bond donors (Lipinski definition) is 0. The van der Waals surface area contributed by atoms with Gasteiger partial charge in [0.05, 0.1) is 25.8 Å². The first-order valence-corrected chi connectivity index (χ1v) is 9.42. The largest absolute Gasteiger partial charge is 0.445 e. The fraction of sp³-hybridized carbons (Fsp3) is 0.364. The van der Waals surface area contributed by atoms with Crippen molar-refractivity contribution < 1.29 is 19.0 Å². The maximum atomic E-state index is 12.9. The number of likely N-dealkylation sites (tertiary alicyclic amines) is 1. The molecule has 6 heteroatoms. The van der Waals surface area contributed by atoms with Gasteiger partial charge in [0, 0.05) is 19.4 Å². The third kappa shape index (κ3) is 3.86. The van der Waals surface area contributed by atoms with E-state index in [1.54, 1.807) is 17.0 Å². The highest BCUT2D eigenvalue weighted by atomic mass is 16.7. The van der Waals surface area contributed by atoms with Crippen LogP contribution in [0, 0.1) is 6.57 Å². The lowest BCUT2D eigenvalue weighted by Gasteiger charge is -2.43. The maximum Gasteiger partial charge on any atom is 0.410 e. The summed E-state index contributed by atoms with van der Waals surface area (Å²) < 4.78 is 17.3. The van der Waals surface area contributed by atoms with Crippen LogP contribution in [0.5, 0.6) is 0 Å². The van der Waals surface area contributed by atoms with Crippen LogP contribution in [0.4, 0.5) is 10.5 Å². The molecule has 2 aromatic rings. The van der Waals surface area contributed by atoms with Gasteiger partial charge >= 0.3 is 6.09 Å². The van der Waals surface area contributed by atoms with Gasteiger partial charge in [-0.25, -0.2) is 9.64 Å². The fourth-order valence-corrected chi connectivity index (χ4v) is 3.80. The van der Waals surface area contributed by atoms with E-state index in [4.69, 9.17) is 20.8 Å². The zero-order valence-electron chi connectivity index (χ0n) is 15.5. The molecule has 28 heavy (non-hydrogen) atoms. The fourth-order valence-electron chi connectivity index (χ4n) is 3.80. The summed E-state index contributed by atoms with van der Waals surface area (Å²) >= 11 is 0. The normalized spacial score (nSPS) is 20.7. The first-order valence-electron chi connectivity index (χ1n) is 9.42. The zero-order valence-corrected chi connectivity index (χ0v) is 15.5. The van der Waals surface area contributed by atoms with E-state index in [-0.39, 0.29) is 18.7 Å². The molecule has 0 aliphatic carbocycles. The van der Waals surface area contributed by atoms with E-state index < -0.39 is 5.79 Å². The van der Waals surface area contributed by atoms with Gasteiger partial charge in [0.2, 0.25) is 0 Å². The van der Waals surface area contributed by atoms with Crippen LogP contribution in [-0.4, -0.2) is 36.5 Å². The lowest BCUT2D eigenvalue weighted by Crippen LogP contribution is -2.49. The second kappa shape index (κ2) is 8.01. The van der Waals surface area contributed by atoms with Crippen LogP contribution in [0.2, 0.25) is 0 Å². The number of nitrogens with zero attached hydrogens (tertiary/aromatic N) is 2. The van der Waals surface area contributed by atoms with Crippen molar-refractivity contribution in [3.8, 4) is 0 Å². The van der Waals surface area contributed by atoms with E-state index in [0.717, 1.165) is 11.1 Å². The highest BCUT2D eigenvalue weighted by Gasteiger charge is 2.46. The van der Waals surface area contributed by atoms with Crippen molar-refractivity contribution >= 4 is 11.8 Å². The second-order valence-corrected chi connectivity index (χ2v) is 7.01. The minimum absolute atomic E-state index is 0.227. The minimum Gasteiger partial charge on any atom is -0.445 e. The average Bonchev–Trinajstić information content (AvgIpc) is 3.20. The standard InChI is InChI=1S/C22H22N2O4/c1-23-19-9-7-18(8-10-19)20-15-22(27-13-14-28-22)11-12-24(20)21(25)26-16-17-5-3-2-4-6-17/h2-10,20H,11-16H2. The summed E-state index contributed by atoms with van der Waals surface area (Å²) in [5, 5.41) is 0. The molecule has 2 aliphatic rings. The molecule has 1 atom stereocenters. The Bertz CT molecular complexity index is 854. The number of hydrogen-bond acceptors (Lipinski definition) is 4. The number of carbonyl (C=O) groups is 1. The third-order valence-corrected chi connectivity index (χ3v) is 5.27. The molecule has 144 valence electrons. The van der Waals surface area contributed by atoms with Crippen molar-refractivity contribution in [1.29, 1.82) is 0 Å². The van der Waals surface area contributed by atoms with Gasteiger partial charge in [0.1, 0.15) is 6.61 Å². The number of rotatable bonds is 3. The Morgan fingerprint density at radius 3 is 2.54 bits per heavy atom. The first kappa shape index (κ1) is 18.5. The summed E-state index contributed by atoms with van der Waals surface area (Å²) in [5.74, 6) is -0.640. The second-order valence-electron chi connectivity index (χ2n) is 7.01. The minimum atomic E-state index is -0.640. The van der Waals surface area contributed by atoms with Crippen molar-refractivity contribution in [2.75, 3.05) is 19.8 Å². The Morgan fingerprint density at radius 2 is 1.86 bits per heavy atom. The van der Waals surface area contributed by atoms with Gasteiger partial charge in [-0.2, -0.15) is 0 Å². The average molecular weight is 378 g/mol. The Kier molecular flexibility index (Phi) is 5.29. The Morgan fingerprint density at radius 1 is 1.14 bits per heavy atom. The SMILES string of the molecule is [C-]#[N+]c1ccc(C2CC3(CCN2C(=O)OCc2ccccc2)OCCO3)cc1. The monoisotopic (exact) mass is 378 g/mol. The van der Waals surface area contributed by atoms with Crippen LogP contribution in [0.1, 0.15) is 30.0 Å². The molecular weight excluding hydrogens is 356 g/mol. The maximum absolute atomic E-state index is 12.9. The summed E-state index contributed by atoms with van der Waals surface area (Å²) in [7, 11) is 0. The lowest BCUT2D eigenvalue weighted by atomic mass is 9.91. The number of amides is 1. The molecule has 0 radical (unpaired) electrons. The number of ether oxygens (including phenoxy) is 3. The molecule has 0 N–H and O–H groups in total. The van der Waals surface area contributed by atoms with Crippen molar-refractivity contribution in [1.82, 2.24) is 4.90 Å². The van der Waals surface area contributed by atoms with Crippen molar-refractivity contribution in [2.24, 2.45) is 0 Å². The molecular formula is C22H22N2O4. The Hall–Kier alpha value is -2.88. The van der Waals surface area contributed by atoms with Gasteiger partial charge in [0.15, 0.2) is 11.5 Å². The Labute approximate surface area is 164 Å². The van der Waals surface area contributed by atoms with E-state index in [0.29, 0.717) is 38.3 Å². The van der Waals surface area contributed by atoms with Crippen LogP contribution >= 0.6 is 0 Å². The van der Waals surface area contributed by atoms with E-state index in [9.17, 15) is 4.79 Å². The van der Waals surface area contributed by atoms with Crippen LogP contribution in [0.25, 0.3) is 4.85 Å². The first-order chi connectivity index (χ1) is 13.7. The number of carbonyl (C=O) groups excluding carboxylic acids is 1. The quantitative estimate of drug-likeness (QED) is 0.741. The molecule has 2 fully saturated rings. The van der Waals surface area contributed by atoms with Gasteiger partial charge in [-0.15, -0.1) is 0 Å². The molecule has 1 spiro atoms. The number of benzene rings is 2. The molecule has 1 amide bonds. The highest BCUT2D eigenvalue weighted by Crippen LogP contribution is 2.42. The molecule has 1 unspecified atom stereocenters. The number of piperidine rings is 1. The molecule has 0 saturated carbocycles. The van der Waals surface area contributed by atoms with Crippen molar-refractivity contribution in [3.05, 3.63) is 77.1 Å². The van der Waals surface area contributed by atoms with Gasteiger partial charge in [-0.3, -0.25) is 0 Å². The van der Waals surface area contributed by atoms with E-state index in [1.807, 2.05) is 42.5 Å². The molecule has 2 saturated heterocycles. The molecule has 0 bridgehead atoms. The van der Waals surface area contributed by atoms with Gasteiger partial charge in [0.25, 0.3) is 0 Å². The van der Waals surface area contributed by atoms with E-state index >= 15 is 0 Å². The van der Waals surface area contributed by atoms with Crippen LogP contribution in [0.3, 0.4) is 0 Å². The molecule has 4 rings (SSSR count). The summed E-state index contributed by atoms with van der Waals surface area (Å²) in [6, 6.07) is 16.7. The summed E-state index contributed by atoms with van der Waals surface area (Å²) in [4.78, 5) is 18.0. The zero-order chi connectivity index (χ0) is 19.4. The third-order valence-electron chi connectivity index (χ3n) is 5.27. The van der Waals surface area contributed by atoms with E-state index in [1.165, 1.54) is 0 Å². The topological polar surface area (TPSA) is 52.4 Å². The van der Waals surface area contributed by atoms with Crippen molar-refractivity contribution in [2.45, 2.75) is 31.3 Å². The van der Waals surface area contributed by atoms with Gasteiger partial charge in [-0.1, -0.05) is 54.6 Å². The van der Waals surface area contributed by atoms with E-state index in [2.05, 4.69) is 4.85 Å². The van der Waals surface area contributed by atoms with Crippen LogP contribution in [-0.2, 0) is 20.8 Å². The summed E-state index contributed by atoms with van der Waals surface area (Å²) in [6.07, 6.45) is 0.811.